The fourth-order valence-electron chi connectivity index (χ4n) is 2.10. The summed E-state index contributed by atoms with van der Waals surface area (Å²) in [5.74, 6) is 1.04. The van der Waals surface area contributed by atoms with Crippen molar-refractivity contribution in [2.45, 2.75) is 46.5 Å². The summed E-state index contributed by atoms with van der Waals surface area (Å²) in [6.45, 7) is 8.46. The minimum absolute atomic E-state index is 0.202. The van der Waals surface area contributed by atoms with Crippen LogP contribution in [0.25, 0.3) is 0 Å². The van der Waals surface area contributed by atoms with Gasteiger partial charge >= 0.3 is 0 Å². The first kappa shape index (κ1) is 16.5. The third-order valence-corrected chi connectivity index (χ3v) is 3.20. The van der Waals surface area contributed by atoms with Gasteiger partial charge in [0.15, 0.2) is 0 Å². The summed E-state index contributed by atoms with van der Waals surface area (Å²) in [6.07, 6.45) is 3.66. The van der Waals surface area contributed by atoms with Crippen LogP contribution in [0.4, 0.5) is 0 Å². The lowest BCUT2D eigenvalue weighted by atomic mass is 10.2. The smallest absolute Gasteiger partial charge is 0.225 e. The summed E-state index contributed by atoms with van der Waals surface area (Å²) >= 11 is 0. The molecule has 112 valence electrons. The molecule has 0 unspecified atom stereocenters. The molecule has 0 spiro atoms. The molecule has 0 atom stereocenters. The van der Waals surface area contributed by atoms with Gasteiger partial charge in [-0.2, -0.15) is 0 Å². The molecule has 0 fully saturated rings. The molecule has 0 N–H and O–H groups in total. The number of benzene rings is 1. The van der Waals surface area contributed by atoms with E-state index in [-0.39, 0.29) is 5.91 Å². The number of carbonyl (C=O) groups excluding carboxylic acids is 1. The van der Waals surface area contributed by atoms with Crippen molar-refractivity contribution in [1.29, 1.82) is 0 Å². The molecule has 0 aliphatic carbocycles. The molecule has 3 heteroatoms. The van der Waals surface area contributed by atoms with E-state index in [0.717, 1.165) is 38.1 Å². The van der Waals surface area contributed by atoms with E-state index in [9.17, 15) is 4.79 Å². The molecular weight excluding hydrogens is 250 g/mol. The molecule has 1 amide bonds. The van der Waals surface area contributed by atoms with Crippen molar-refractivity contribution in [3.05, 3.63) is 29.8 Å². The fourth-order valence-corrected chi connectivity index (χ4v) is 2.10. The van der Waals surface area contributed by atoms with Gasteiger partial charge in [-0.15, -0.1) is 0 Å². The number of carbonyl (C=O) groups is 1. The van der Waals surface area contributed by atoms with Crippen molar-refractivity contribution in [1.82, 2.24) is 4.90 Å². The fraction of sp³-hybridized carbons (Fsp3) is 0.588. The maximum absolute atomic E-state index is 12.1. The Morgan fingerprint density at radius 1 is 1.20 bits per heavy atom. The van der Waals surface area contributed by atoms with Crippen LogP contribution in [0.1, 0.15) is 45.1 Å². The van der Waals surface area contributed by atoms with Gasteiger partial charge in [-0.05, 0) is 37.5 Å². The highest BCUT2D eigenvalue weighted by molar-refractivity contribution is 5.76. The largest absolute Gasteiger partial charge is 0.493 e. The molecule has 1 aromatic carbocycles. The van der Waals surface area contributed by atoms with Gasteiger partial charge in [0.1, 0.15) is 5.75 Å². The lowest BCUT2D eigenvalue weighted by Gasteiger charge is -2.22. The molecule has 3 nitrogen and oxygen atoms in total. The molecule has 20 heavy (non-hydrogen) atoms. The highest BCUT2D eigenvalue weighted by Crippen LogP contribution is 2.12. The number of ether oxygens (including phenoxy) is 1. The van der Waals surface area contributed by atoms with Crippen LogP contribution in [-0.2, 0) is 4.79 Å². The molecule has 0 aliphatic heterocycles. The molecule has 0 heterocycles. The van der Waals surface area contributed by atoms with E-state index in [1.54, 1.807) is 0 Å². The Morgan fingerprint density at radius 3 is 2.65 bits per heavy atom. The lowest BCUT2D eigenvalue weighted by molar-refractivity contribution is -0.131. The molecule has 1 rings (SSSR count). The molecule has 0 aliphatic rings. The molecule has 0 radical (unpaired) electrons. The lowest BCUT2D eigenvalue weighted by Crippen LogP contribution is -2.33. The second kappa shape index (κ2) is 9.40. The van der Waals surface area contributed by atoms with Crippen molar-refractivity contribution < 1.29 is 9.53 Å². The number of nitrogens with zero attached hydrogens (tertiary/aromatic N) is 1. The van der Waals surface area contributed by atoms with E-state index in [1.165, 1.54) is 5.56 Å². The van der Waals surface area contributed by atoms with Crippen LogP contribution in [0.3, 0.4) is 0 Å². The van der Waals surface area contributed by atoms with Gasteiger partial charge in [0.2, 0.25) is 5.91 Å². The Morgan fingerprint density at radius 2 is 2.00 bits per heavy atom. The summed E-state index contributed by atoms with van der Waals surface area (Å²) in [4.78, 5) is 14.1. The number of amides is 1. The van der Waals surface area contributed by atoms with Gasteiger partial charge in [-0.3, -0.25) is 4.79 Å². The van der Waals surface area contributed by atoms with Gasteiger partial charge in [0.05, 0.1) is 13.0 Å². The van der Waals surface area contributed by atoms with Crippen LogP contribution in [0.2, 0.25) is 0 Å². The van der Waals surface area contributed by atoms with Gasteiger partial charge < -0.3 is 9.64 Å². The Bertz CT molecular complexity index is 404. The second-order valence-corrected chi connectivity index (χ2v) is 5.15. The first-order chi connectivity index (χ1) is 9.67. The average molecular weight is 277 g/mol. The SMILES string of the molecule is CCCCN(CCC)C(=O)CCOc1cccc(C)c1. The van der Waals surface area contributed by atoms with Crippen molar-refractivity contribution in [2.24, 2.45) is 0 Å². The van der Waals surface area contributed by atoms with Crippen LogP contribution in [0.5, 0.6) is 5.75 Å². The molecule has 0 saturated carbocycles. The third-order valence-electron chi connectivity index (χ3n) is 3.20. The van der Waals surface area contributed by atoms with E-state index in [4.69, 9.17) is 4.74 Å². The van der Waals surface area contributed by atoms with Crippen LogP contribution in [0, 0.1) is 6.92 Å². The second-order valence-electron chi connectivity index (χ2n) is 5.15. The summed E-state index contributed by atoms with van der Waals surface area (Å²) < 4.78 is 5.64. The highest BCUT2D eigenvalue weighted by Gasteiger charge is 2.11. The standard InChI is InChI=1S/C17H27NO2/c1-4-6-12-18(11-5-2)17(19)10-13-20-16-9-7-8-15(3)14-16/h7-9,14H,4-6,10-13H2,1-3H3. The Balaban J connectivity index is 2.36. The van der Waals surface area contributed by atoms with E-state index in [2.05, 4.69) is 13.8 Å². The zero-order valence-electron chi connectivity index (χ0n) is 13.0. The van der Waals surface area contributed by atoms with Gasteiger partial charge in [-0.25, -0.2) is 0 Å². The quantitative estimate of drug-likeness (QED) is 0.687. The van der Waals surface area contributed by atoms with Crippen molar-refractivity contribution in [3.8, 4) is 5.75 Å². The normalized spacial score (nSPS) is 10.3. The maximum Gasteiger partial charge on any atom is 0.225 e. The topological polar surface area (TPSA) is 29.5 Å². The van der Waals surface area contributed by atoms with Crippen molar-refractivity contribution >= 4 is 5.91 Å². The van der Waals surface area contributed by atoms with Crippen LogP contribution >= 0.6 is 0 Å². The predicted octanol–water partition coefficient (Wildman–Crippen LogP) is 3.80. The zero-order valence-corrected chi connectivity index (χ0v) is 13.0. The number of hydrogen-bond donors (Lipinski definition) is 0. The number of aryl methyl sites for hydroxylation is 1. The third kappa shape index (κ3) is 6.09. The molecule has 0 aromatic heterocycles. The van der Waals surface area contributed by atoms with Crippen LogP contribution < -0.4 is 4.74 Å². The molecule has 1 aromatic rings. The molecular formula is C17H27NO2. The van der Waals surface area contributed by atoms with Gasteiger partial charge in [-0.1, -0.05) is 32.4 Å². The van der Waals surface area contributed by atoms with E-state index in [1.807, 2.05) is 36.1 Å². The van der Waals surface area contributed by atoms with Crippen LogP contribution in [0.15, 0.2) is 24.3 Å². The summed E-state index contributed by atoms with van der Waals surface area (Å²) in [7, 11) is 0. The predicted molar refractivity (Wildman–Crippen MR) is 83.1 cm³/mol. The summed E-state index contributed by atoms with van der Waals surface area (Å²) in [5.41, 5.74) is 1.17. The Kier molecular flexibility index (Phi) is 7.78. The van der Waals surface area contributed by atoms with Gasteiger partial charge in [0, 0.05) is 13.1 Å². The van der Waals surface area contributed by atoms with Crippen molar-refractivity contribution in [2.75, 3.05) is 19.7 Å². The zero-order chi connectivity index (χ0) is 14.8. The van der Waals surface area contributed by atoms with Gasteiger partial charge in [0.25, 0.3) is 0 Å². The first-order valence-corrected chi connectivity index (χ1v) is 7.64. The van der Waals surface area contributed by atoms with E-state index >= 15 is 0 Å². The minimum atomic E-state index is 0.202. The number of hydrogen-bond acceptors (Lipinski definition) is 2. The monoisotopic (exact) mass is 277 g/mol. The minimum Gasteiger partial charge on any atom is -0.493 e. The maximum atomic E-state index is 12.1. The van der Waals surface area contributed by atoms with Crippen molar-refractivity contribution in [3.63, 3.8) is 0 Å². The molecule has 0 bridgehead atoms. The highest BCUT2D eigenvalue weighted by atomic mass is 16.5. The van der Waals surface area contributed by atoms with E-state index < -0.39 is 0 Å². The Labute approximate surface area is 122 Å². The number of unbranched alkanes of at least 4 members (excludes halogenated alkanes) is 1. The summed E-state index contributed by atoms with van der Waals surface area (Å²) in [5, 5.41) is 0. The first-order valence-electron chi connectivity index (χ1n) is 7.64. The summed E-state index contributed by atoms with van der Waals surface area (Å²) in [6, 6.07) is 7.92. The Hall–Kier alpha value is -1.51. The average Bonchev–Trinajstić information content (AvgIpc) is 2.43. The van der Waals surface area contributed by atoms with E-state index in [0.29, 0.717) is 13.0 Å². The van der Waals surface area contributed by atoms with Crippen LogP contribution in [-0.4, -0.2) is 30.5 Å². The molecule has 0 saturated heterocycles. The number of rotatable bonds is 9.